The number of morpholine rings is 1. The molecule has 1 fully saturated rings. The summed E-state index contributed by atoms with van der Waals surface area (Å²) in [6, 6.07) is 7.29. The van der Waals surface area contributed by atoms with Gasteiger partial charge < -0.3 is 25.6 Å². The molecule has 138 valence electrons. The molecule has 0 spiro atoms. The highest BCUT2D eigenvalue weighted by atomic mass is 35.6. The van der Waals surface area contributed by atoms with E-state index in [0.717, 1.165) is 11.3 Å². The molecule has 1 aromatic rings. The molecule has 1 aromatic carbocycles. The highest BCUT2D eigenvalue weighted by Gasteiger charge is 2.35. The van der Waals surface area contributed by atoms with E-state index in [2.05, 4.69) is 16.0 Å². The number of halogens is 3. The molecular formula is C15H19Cl3N4O2S. The average Bonchev–Trinajstić information content (AvgIpc) is 2.54. The number of benzene rings is 1. The zero-order valence-corrected chi connectivity index (χ0v) is 16.6. The molecule has 6 nitrogen and oxygen atoms in total. The summed E-state index contributed by atoms with van der Waals surface area (Å²) in [4.78, 5) is 13.9. The molecule has 1 aliphatic heterocycles. The highest BCUT2D eigenvalue weighted by molar-refractivity contribution is 7.80. The van der Waals surface area contributed by atoms with E-state index in [9.17, 15) is 4.79 Å². The summed E-state index contributed by atoms with van der Waals surface area (Å²) < 4.78 is 3.43. The standard InChI is InChI=1S/C15H19Cl3N4O2S/c1-10-3-2-4-11(9-10)19-13(25)20-12(15(16,17)18)21-14(23)22-5-7-24-8-6-22/h2-4,9,12H,5-8H2,1H3,(H,21,23)(H2,19,20,25)/t12-/m1/s1. The number of carbonyl (C=O) groups excluding carboxylic acids is 1. The van der Waals surface area contributed by atoms with E-state index in [0.29, 0.717) is 26.3 Å². The predicted octanol–water partition coefficient (Wildman–Crippen LogP) is 3.02. The number of hydrogen-bond acceptors (Lipinski definition) is 3. The fourth-order valence-corrected chi connectivity index (χ4v) is 2.77. The number of ether oxygens (including phenoxy) is 1. The normalized spacial score (nSPS) is 16.1. The van der Waals surface area contributed by atoms with Crippen molar-refractivity contribution in [1.29, 1.82) is 0 Å². The summed E-state index contributed by atoms with van der Waals surface area (Å²) in [7, 11) is 0. The molecule has 0 saturated carbocycles. The number of amides is 2. The van der Waals surface area contributed by atoms with Crippen LogP contribution in [0.4, 0.5) is 10.5 Å². The van der Waals surface area contributed by atoms with Gasteiger partial charge >= 0.3 is 6.03 Å². The second kappa shape index (κ2) is 9.09. The predicted molar refractivity (Wildman–Crippen MR) is 106 cm³/mol. The first-order chi connectivity index (χ1) is 11.8. The van der Waals surface area contributed by atoms with Crippen molar-refractivity contribution in [2.24, 2.45) is 0 Å². The third kappa shape index (κ3) is 6.67. The molecule has 0 bridgehead atoms. The van der Waals surface area contributed by atoms with Gasteiger partial charge in [-0.05, 0) is 36.8 Å². The van der Waals surface area contributed by atoms with E-state index < -0.39 is 9.96 Å². The first kappa shape index (κ1) is 20.3. The molecule has 2 amide bonds. The van der Waals surface area contributed by atoms with Crippen LogP contribution in [0.1, 0.15) is 5.56 Å². The van der Waals surface area contributed by atoms with Crippen LogP contribution in [0.15, 0.2) is 24.3 Å². The molecular weight excluding hydrogens is 407 g/mol. The van der Waals surface area contributed by atoms with Crippen LogP contribution in [0.25, 0.3) is 0 Å². The average molecular weight is 426 g/mol. The second-order valence-electron chi connectivity index (χ2n) is 5.49. The van der Waals surface area contributed by atoms with Crippen LogP contribution >= 0.6 is 47.0 Å². The van der Waals surface area contributed by atoms with Crippen LogP contribution in [0.2, 0.25) is 0 Å². The van der Waals surface area contributed by atoms with Gasteiger partial charge in [-0.25, -0.2) is 4.79 Å². The van der Waals surface area contributed by atoms with E-state index in [-0.39, 0.29) is 11.1 Å². The quantitative estimate of drug-likeness (QED) is 0.395. The van der Waals surface area contributed by atoms with Gasteiger partial charge in [-0.3, -0.25) is 0 Å². The maximum Gasteiger partial charge on any atom is 0.319 e. The first-order valence-corrected chi connectivity index (χ1v) is 9.14. The van der Waals surface area contributed by atoms with E-state index in [1.54, 1.807) is 4.90 Å². The zero-order chi connectivity index (χ0) is 18.4. The van der Waals surface area contributed by atoms with Crippen LogP contribution < -0.4 is 16.0 Å². The van der Waals surface area contributed by atoms with Crippen molar-refractivity contribution >= 4 is 63.9 Å². The number of aryl methyl sites for hydroxylation is 1. The Kier molecular flexibility index (Phi) is 7.39. The van der Waals surface area contributed by atoms with Crippen molar-refractivity contribution < 1.29 is 9.53 Å². The molecule has 1 heterocycles. The van der Waals surface area contributed by atoms with E-state index in [4.69, 9.17) is 51.8 Å². The van der Waals surface area contributed by atoms with E-state index in [1.807, 2.05) is 31.2 Å². The number of carbonyl (C=O) groups is 1. The SMILES string of the molecule is Cc1cccc(NC(=S)N[C@H](NC(=O)N2CCOCC2)C(Cl)(Cl)Cl)c1. The molecule has 0 radical (unpaired) electrons. The van der Waals surface area contributed by atoms with Crippen LogP contribution in [0.3, 0.4) is 0 Å². The first-order valence-electron chi connectivity index (χ1n) is 7.60. The largest absolute Gasteiger partial charge is 0.378 e. The van der Waals surface area contributed by atoms with Crippen molar-refractivity contribution in [2.75, 3.05) is 31.6 Å². The molecule has 1 atom stereocenters. The van der Waals surface area contributed by atoms with Gasteiger partial charge in [0, 0.05) is 18.8 Å². The molecule has 0 aromatic heterocycles. The fraction of sp³-hybridized carbons (Fsp3) is 0.467. The van der Waals surface area contributed by atoms with Crippen LogP contribution in [0.5, 0.6) is 0 Å². The van der Waals surface area contributed by atoms with Gasteiger partial charge in [0.15, 0.2) is 11.3 Å². The number of nitrogens with one attached hydrogen (secondary N) is 3. The van der Waals surface area contributed by atoms with Crippen molar-refractivity contribution in [3.63, 3.8) is 0 Å². The lowest BCUT2D eigenvalue weighted by molar-refractivity contribution is 0.0524. The number of nitrogens with zero attached hydrogens (tertiary/aromatic N) is 1. The minimum atomic E-state index is -1.79. The van der Waals surface area contributed by atoms with E-state index in [1.165, 1.54) is 0 Å². The molecule has 10 heteroatoms. The summed E-state index contributed by atoms with van der Waals surface area (Å²) in [6.07, 6.45) is -1.00. The number of rotatable bonds is 3. The summed E-state index contributed by atoms with van der Waals surface area (Å²) in [5.41, 5.74) is 1.87. The number of urea groups is 1. The van der Waals surface area contributed by atoms with Gasteiger partial charge in [-0.15, -0.1) is 0 Å². The number of anilines is 1. The van der Waals surface area contributed by atoms with Gasteiger partial charge in [0.25, 0.3) is 0 Å². The van der Waals surface area contributed by atoms with Crippen molar-refractivity contribution in [1.82, 2.24) is 15.5 Å². The monoisotopic (exact) mass is 424 g/mol. The Morgan fingerprint density at radius 2 is 1.96 bits per heavy atom. The minimum Gasteiger partial charge on any atom is -0.378 e. The Morgan fingerprint density at radius 1 is 1.28 bits per heavy atom. The lowest BCUT2D eigenvalue weighted by atomic mass is 10.2. The fourth-order valence-electron chi connectivity index (χ4n) is 2.20. The Labute approximate surface area is 167 Å². The number of alkyl halides is 3. The second-order valence-corrected chi connectivity index (χ2v) is 8.27. The Bertz CT molecular complexity index is 621. The van der Waals surface area contributed by atoms with Gasteiger partial charge in [0.1, 0.15) is 0 Å². The summed E-state index contributed by atoms with van der Waals surface area (Å²) in [5, 5.41) is 8.70. The Balaban J connectivity index is 1.97. The van der Waals surface area contributed by atoms with Gasteiger partial charge in [-0.1, -0.05) is 46.9 Å². The maximum absolute atomic E-state index is 12.3. The summed E-state index contributed by atoms with van der Waals surface area (Å²) in [6.45, 7) is 3.88. The van der Waals surface area contributed by atoms with Crippen LogP contribution in [-0.4, -0.2) is 52.3 Å². The van der Waals surface area contributed by atoms with Crippen molar-refractivity contribution in [2.45, 2.75) is 16.9 Å². The zero-order valence-electron chi connectivity index (χ0n) is 13.5. The van der Waals surface area contributed by atoms with Crippen LogP contribution in [-0.2, 0) is 4.74 Å². The third-order valence-corrected chi connectivity index (χ3v) is 4.32. The Morgan fingerprint density at radius 3 is 2.56 bits per heavy atom. The molecule has 2 rings (SSSR count). The lowest BCUT2D eigenvalue weighted by Crippen LogP contribution is -2.59. The van der Waals surface area contributed by atoms with E-state index >= 15 is 0 Å². The van der Waals surface area contributed by atoms with Gasteiger partial charge in [-0.2, -0.15) is 0 Å². The minimum absolute atomic E-state index is 0.226. The van der Waals surface area contributed by atoms with Gasteiger partial charge in [0.2, 0.25) is 3.79 Å². The van der Waals surface area contributed by atoms with Crippen molar-refractivity contribution in [3.8, 4) is 0 Å². The summed E-state index contributed by atoms with van der Waals surface area (Å²) >= 11 is 23.2. The van der Waals surface area contributed by atoms with Crippen LogP contribution in [0, 0.1) is 6.92 Å². The molecule has 3 N–H and O–H groups in total. The molecule has 25 heavy (non-hydrogen) atoms. The summed E-state index contributed by atoms with van der Waals surface area (Å²) in [5.74, 6) is 0. The Hall–Kier alpha value is -0.990. The lowest BCUT2D eigenvalue weighted by Gasteiger charge is -2.32. The molecule has 1 saturated heterocycles. The molecule has 0 aliphatic carbocycles. The highest BCUT2D eigenvalue weighted by Crippen LogP contribution is 2.29. The smallest absolute Gasteiger partial charge is 0.319 e. The van der Waals surface area contributed by atoms with Crippen molar-refractivity contribution in [3.05, 3.63) is 29.8 Å². The third-order valence-electron chi connectivity index (χ3n) is 3.44. The van der Waals surface area contributed by atoms with Gasteiger partial charge in [0.05, 0.1) is 13.2 Å². The number of thiocarbonyl (C=S) groups is 1. The number of hydrogen-bond donors (Lipinski definition) is 3. The molecule has 0 unspecified atom stereocenters. The molecule has 1 aliphatic rings. The topological polar surface area (TPSA) is 65.6 Å². The maximum atomic E-state index is 12.3.